The van der Waals surface area contributed by atoms with Gasteiger partial charge in [0.15, 0.2) is 0 Å². The summed E-state index contributed by atoms with van der Waals surface area (Å²) in [6.07, 6.45) is 5.11. The van der Waals surface area contributed by atoms with Gasteiger partial charge < -0.3 is 10.1 Å². The van der Waals surface area contributed by atoms with Crippen molar-refractivity contribution in [2.45, 2.75) is 71.0 Å². The van der Waals surface area contributed by atoms with E-state index in [1.165, 1.54) is 12.8 Å². The summed E-state index contributed by atoms with van der Waals surface area (Å²) in [4.78, 5) is 12.5. The van der Waals surface area contributed by atoms with Crippen molar-refractivity contribution >= 4 is 5.78 Å². The van der Waals surface area contributed by atoms with E-state index >= 15 is 0 Å². The zero-order valence-corrected chi connectivity index (χ0v) is 12.9. The Morgan fingerprint density at radius 2 is 1.84 bits per heavy atom. The molecule has 0 bridgehead atoms. The molecule has 1 N–H and O–H groups in total. The molecule has 0 aromatic heterocycles. The Bertz CT molecular complexity index is 330. The highest BCUT2D eigenvalue weighted by molar-refractivity contribution is 5.82. The minimum absolute atomic E-state index is 0.0733. The number of carbonyl (C=O) groups is 1. The Kier molecular flexibility index (Phi) is 4.36. The summed E-state index contributed by atoms with van der Waals surface area (Å²) < 4.78 is 6.03. The molecule has 0 aromatic rings. The fourth-order valence-corrected chi connectivity index (χ4v) is 3.75. The maximum atomic E-state index is 12.5. The van der Waals surface area contributed by atoms with Crippen molar-refractivity contribution in [3.63, 3.8) is 0 Å². The Morgan fingerprint density at radius 3 is 2.37 bits per heavy atom. The topological polar surface area (TPSA) is 38.3 Å². The molecule has 110 valence electrons. The van der Waals surface area contributed by atoms with E-state index in [9.17, 15) is 4.79 Å². The first-order valence-electron chi connectivity index (χ1n) is 7.74. The van der Waals surface area contributed by atoms with Crippen LogP contribution in [-0.2, 0) is 9.53 Å². The standard InChI is InChI=1S/C16H29NO2/c1-15(2)11-13(16(3,4)19-15)14(18)6-5-12-7-9-17-10-8-12/h12-13,17H,5-11H2,1-4H3. The Hall–Kier alpha value is -0.410. The number of ether oxygens (including phenoxy) is 1. The molecule has 1 unspecified atom stereocenters. The van der Waals surface area contributed by atoms with E-state index < -0.39 is 0 Å². The first-order valence-corrected chi connectivity index (χ1v) is 7.74. The first kappa shape index (κ1) is 15.0. The van der Waals surface area contributed by atoms with Crippen LogP contribution in [0, 0.1) is 11.8 Å². The van der Waals surface area contributed by atoms with Crippen LogP contribution in [0.5, 0.6) is 0 Å². The molecule has 2 heterocycles. The molecule has 0 amide bonds. The number of ketones is 1. The molecule has 2 aliphatic rings. The maximum Gasteiger partial charge on any atom is 0.138 e. The van der Waals surface area contributed by atoms with E-state index in [0.717, 1.165) is 38.3 Å². The molecular formula is C16H29NO2. The summed E-state index contributed by atoms with van der Waals surface area (Å²) in [5.74, 6) is 1.22. The molecule has 3 heteroatoms. The van der Waals surface area contributed by atoms with Crippen molar-refractivity contribution in [3.8, 4) is 0 Å². The lowest BCUT2D eigenvalue weighted by atomic mass is 9.81. The second-order valence-corrected chi connectivity index (χ2v) is 7.42. The van der Waals surface area contributed by atoms with Crippen LogP contribution in [0.1, 0.15) is 59.8 Å². The third kappa shape index (κ3) is 3.79. The predicted molar refractivity (Wildman–Crippen MR) is 77.2 cm³/mol. The SMILES string of the molecule is CC1(C)CC(C(=O)CCC2CCNCC2)C(C)(C)O1. The van der Waals surface area contributed by atoms with Gasteiger partial charge in [0.05, 0.1) is 11.2 Å². The molecule has 2 rings (SSSR count). The van der Waals surface area contributed by atoms with Gasteiger partial charge in [-0.05, 0) is 72.4 Å². The highest BCUT2D eigenvalue weighted by Gasteiger charge is 2.48. The molecule has 2 saturated heterocycles. The summed E-state index contributed by atoms with van der Waals surface area (Å²) in [6, 6.07) is 0. The minimum atomic E-state index is -0.297. The van der Waals surface area contributed by atoms with Gasteiger partial charge in [-0.15, -0.1) is 0 Å². The average Bonchev–Trinajstić information content (AvgIpc) is 2.56. The van der Waals surface area contributed by atoms with Gasteiger partial charge in [-0.1, -0.05) is 0 Å². The predicted octanol–water partition coefficient (Wildman–Crippen LogP) is 2.93. The fraction of sp³-hybridized carbons (Fsp3) is 0.938. The van der Waals surface area contributed by atoms with Crippen molar-refractivity contribution < 1.29 is 9.53 Å². The number of hydrogen-bond donors (Lipinski definition) is 1. The van der Waals surface area contributed by atoms with Gasteiger partial charge in [-0.3, -0.25) is 4.79 Å². The lowest BCUT2D eigenvalue weighted by Crippen LogP contribution is -2.34. The van der Waals surface area contributed by atoms with Crippen LogP contribution in [0.15, 0.2) is 0 Å². The second-order valence-electron chi connectivity index (χ2n) is 7.42. The van der Waals surface area contributed by atoms with E-state index in [0.29, 0.717) is 5.78 Å². The van der Waals surface area contributed by atoms with E-state index in [1.54, 1.807) is 0 Å². The molecule has 0 aromatic carbocycles. The van der Waals surface area contributed by atoms with Gasteiger partial charge in [0.1, 0.15) is 5.78 Å². The van der Waals surface area contributed by atoms with Gasteiger partial charge in [-0.2, -0.15) is 0 Å². The number of piperidine rings is 1. The zero-order valence-electron chi connectivity index (χ0n) is 12.9. The van der Waals surface area contributed by atoms with E-state index in [-0.39, 0.29) is 17.1 Å². The van der Waals surface area contributed by atoms with Crippen molar-refractivity contribution in [2.75, 3.05) is 13.1 Å². The summed E-state index contributed by atoms with van der Waals surface area (Å²) in [6.45, 7) is 10.5. The molecule has 0 aliphatic carbocycles. The van der Waals surface area contributed by atoms with Gasteiger partial charge in [0.25, 0.3) is 0 Å². The van der Waals surface area contributed by atoms with Crippen molar-refractivity contribution in [1.29, 1.82) is 0 Å². The van der Waals surface area contributed by atoms with Crippen LogP contribution < -0.4 is 5.32 Å². The van der Waals surface area contributed by atoms with Crippen LogP contribution >= 0.6 is 0 Å². The number of hydrogen-bond acceptors (Lipinski definition) is 3. The van der Waals surface area contributed by atoms with Crippen LogP contribution in [-0.4, -0.2) is 30.1 Å². The summed E-state index contributed by atoms with van der Waals surface area (Å²) in [5, 5.41) is 3.38. The third-order valence-corrected chi connectivity index (χ3v) is 4.72. The monoisotopic (exact) mass is 267 g/mol. The summed E-state index contributed by atoms with van der Waals surface area (Å²) >= 11 is 0. The number of rotatable bonds is 4. The number of Topliss-reactive ketones (excluding diaryl/α,β-unsaturated/α-hetero) is 1. The zero-order chi connectivity index (χ0) is 14.1. The minimum Gasteiger partial charge on any atom is -0.369 e. The molecule has 2 fully saturated rings. The Morgan fingerprint density at radius 1 is 1.21 bits per heavy atom. The number of carbonyl (C=O) groups excluding carboxylic acids is 1. The summed E-state index contributed by atoms with van der Waals surface area (Å²) in [7, 11) is 0. The third-order valence-electron chi connectivity index (χ3n) is 4.72. The lowest BCUT2D eigenvalue weighted by molar-refractivity contribution is -0.129. The van der Waals surface area contributed by atoms with Crippen molar-refractivity contribution in [1.82, 2.24) is 5.32 Å². The number of nitrogens with one attached hydrogen (secondary N) is 1. The summed E-state index contributed by atoms with van der Waals surface area (Å²) in [5.41, 5.74) is -0.451. The van der Waals surface area contributed by atoms with Gasteiger partial charge in [-0.25, -0.2) is 0 Å². The smallest absolute Gasteiger partial charge is 0.138 e. The van der Waals surface area contributed by atoms with E-state index in [4.69, 9.17) is 4.74 Å². The molecule has 1 atom stereocenters. The van der Waals surface area contributed by atoms with Gasteiger partial charge in [0.2, 0.25) is 0 Å². The van der Waals surface area contributed by atoms with Gasteiger partial charge in [0, 0.05) is 12.3 Å². The van der Waals surface area contributed by atoms with Crippen LogP contribution in [0.25, 0.3) is 0 Å². The Balaban J connectivity index is 1.85. The van der Waals surface area contributed by atoms with Crippen LogP contribution in [0.2, 0.25) is 0 Å². The second kappa shape index (κ2) is 5.53. The highest BCUT2D eigenvalue weighted by Crippen LogP contribution is 2.43. The van der Waals surface area contributed by atoms with Crippen molar-refractivity contribution in [3.05, 3.63) is 0 Å². The molecule has 0 spiro atoms. The molecule has 19 heavy (non-hydrogen) atoms. The molecule has 0 saturated carbocycles. The fourth-order valence-electron chi connectivity index (χ4n) is 3.75. The van der Waals surface area contributed by atoms with Gasteiger partial charge >= 0.3 is 0 Å². The van der Waals surface area contributed by atoms with Crippen molar-refractivity contribution in [2.24, 2.45) is 11.8 Å². The average molecular weight is 267 g/mol. The lowest BCUT2D eigenvalue weighted by Gasteiger charge is -2.27. The first-order chi connectivity index (χ1) is 8.80. The molecular weight excluding hydrogens is 238 g/mol. The maximum absolute atomic E-state index is 12.5. The Labute approximate surface area is 117 Å². The highest BCUT2D eigenvalue weighted by atomic mass is 16.5. The molecule has 0 radical (unpaired) electrons. The quantitative estimate of drug-likeness (QED) is 0.851. The van der Waals surface area contributed by atoms with E-state index in [2.05, 4.69) is 33.0 Å². The molecule has 3 nitrogen and oxygen atoms in total. The molecule has 2 aliphatic heterocycles. The van der Waals surface area contributed by atoms with Crippen LogP contribution in [0.3, 0.4) is 0 Å². The normalized spacial score (nSPS) is 30.4. The van der Waals surface area contributed by atoms with Crippen LogP contribution in [0.4, 0.5) is 0 Å². The largest absolute Gasteiger partial charge is 0.369 e. The van der Waals surface area contributed by atoms with E-state index in [1.807, 2.05) is 0 Å².